The summed E-state index contributed by atoms with van der Waals surface area (Å²) in [4.78, 5) is 49.7. The summed E-state index contributed by atoms with van der Waals surface area (Å²) in [6.45, 7) is 20.4. The zero-order valence-electron chi connectivity index (χ0n) is 30.5. The van der Waals surface area contributed by atoms with Gasteiger partial charge in [0.05, 0.1) is 18.4 Å². The molecule has 0 amide bonds. The Labute approximate surface area is 273 Å². The summed E-state index contributed by atoms with van der Waals surface area (Å²) in [5.74, 6) is -1.40. The van der Waals surface area contributed by atoms with Gasteiger partial charge in [0.1, 0.15) is 22.4 Å². The number of carbonyl (C=O) groups is 4. The van der Waals surface area contributed by atoms with Crippen LogP contribution in [0.4, 0.5) is 0 Å². The highest BCUT2D eigenvalue weighted by Gasteiger charge is 2.32. The molecule has 9 heteroatoms. The molecule has 0 aromatic rings. The number of hydrogen-bond acceptors (Lipinski definition) is 9. The van der Waals surface area contributed by atoms with Crippen molar-refractivity contribution in [1.29, 1.82) is 0 Å². The van der Waals surface area contributed by atoms with E-state index in [1.165, 1.54) is 0 Å². The summed E-state index contributed by atoms with van der Waals surface area (Å²) in [6, 6.07) is 0. The third-order valence-corrected chi connectivity index (χ3v) is 8.16. The van der Waals surface area contributed by atoms with Crippen molar-refractivity contribution in [1.82, 2.24) is 0 Å². The lowest BCUT2D eigenvalue weighted by Crippen LogP contribution is -2.37. The van der Waals surface area contributed by atoms with Crippen LogP contribution in [0, 0.1) is 11.8 Å². The number of unbranched alkanes of at least 4 members (excludes halogenated alkanes) is 2. The van der Waals surface area contributed by atoms with Crippen molar-refractivity contribution in [3.8, 4) is 0 Å². The van der Waals surface area contributed by atoms with Crippen molar-refractivity contribution in [3.05, 3.63) is 0 Å². The minimum atomic E-state index is -0.969. The minimum absolute atomic E-state index is 0.113. The van der Waals surface area contributed by atoms with E-state index < -0.39 is 22.4 Å². The van der Waals surface area contributed by atoms with E-state index in [2.05, 4.69) is 0 Å². The first kappa shape index (κ1) is 42.8. The quantitative estimate of drug-likeness (QED) is 0.0633. The Kier molecular flexibility index (Phi) is 19.2. The van der Waals surface area contributed by atoms with Crippen LogP contribution in [-0.2, 0) is 38.1 Å². The first-order valence-corrected chi connectivity index (χ1v) is 17.2. The second kappa shape index (κ2) is 20.2. The molecular formula is C36H66O9. The summed E-state index contributed by atoms with van der Waals surface area (Å²) in [5, 5.41) is 9.81. The molecule has 0 rings (SSSR count). The Bertz CT molecular complexity index is 908. The van der Waals surface area contributed by atoms with Gasteiger partial charge in [-0.3, -0.25) is 19.2 Å². The fourth-order valence-electron chi connectivity index (χ4n) is 5.04. The van der Waals surface area contributed by atoms with E-state index in [0.29, 0.717) is 44.9 Å². The van der Waals surface area contributed by atoms with Gasteiger partial charge in [0.2, 0.25) is 0 Å². The molecule has 0 fully saturated rings. The lowest BCUT2D eigenvalue weighted by atomic mass is 9.93. The zero-order chi connectivity index (χ0) is 34.9. The molecule has 0 aliphatic heterocycles. The van der Waals surface area contributed by atoms with Crippen molar-refractivity contribution in [2.45, 2.75) is 188 Å². The summed E-state index contributed by atoms with van der Waals surface area (Å²) >= 11 is 0. The Morgan fingerprint density at radius 3 is 1.33 bits per heavy atom. The van der Waals surface area contributed by atoms with Crippen LogP contribution >= 0.6 is 0 Å². The number of ether oxygens (including phenoxy) is 4. The average molecular weight is 643 g/mol. The molecule has 264 valence electrons. The number of aliphatic hydroxyl groups excluding tert-OH is 1. The molecule has 0 heterocycles. The van der Waals surface area contributed by atoms with Gasteiger partial charge >= 0.3 is 23.9 Å². The second-order valence-electron chi connectivity index (χ2n) is 15.0. The summed E-state index contributed by atoms with van der Waals surface area (Å²) in [6.07, 6.45) is 8.55. The molecule has 0 radical (unpaired) electrons. The number of aliphatic hydroxyl groups is 1. The lowest BCUT2D eigenvalue weighted by Gasteiger charge is -2.31. The Morgan fingerprint density at radius 2 is 0.933 bits per heavy atom. The molecule has 0 aromatic carbocycles. The van der Waals surface area contributed by atoms with E-state index in [0.717, 1.165) is 32.1 Å². The molecule has 9 nitrogen and oxygen atoms in total. The predicted octanol–water partition coefficient (Wildman–Crippen LogP) is 8.02. The topological polar surface area (TPSA) is 125 Å². The summed E-state index contributed by atoms with van der Waals surface area (Å²) < 4.78 is 22.8. The largest absolute Gasteiger partial charge is 0.460 e. The van der Waals surface area contributed by atoms with Crippen LogP contribution in [0.5, 0.6) is 0 Å². The van der Waals surface area contributed by atoms with E-state index in [-0.39, 0.29) is 55.2 Å². The van der Waals surface area contributed by atoms with Gasteiger partial charge in [0.15, 0.2) is 0 Å². The van der Waals surface area contributed by atoms with Crippen molar-refractivity contribution >= 4 is 23.9 Å². The number of rotatable bonds is 24. The van der Waals surface area contributed by atoms with Gasteiger partial charge in [-0.15, -0.1) is 0 Å². The van der Waals surface area contributed by atoms with E-state index in [4.69, 9.17) is 18.9 Å². The molecule has 0 saturated carbocycles. The molecule has 3 unspecified atom stereocenters. The molecule has 0 aromatic heterocycles. The second-order valence-corrected chi connectivity index (χ2v) is 15.0. The molecular weight excluding hydrogens is 576 g/mol. The third-order valence-electron chi connectivity index (χ3n) is 8.16. The van der Waals surface area contributed by atoms with Crippen molar-refractivity contribution in [2.75, 3.05) is 6.61 Å². The Hall–Kier alpha value is -2.16. The molecule has 0 aliphatic carbocycles. The van der Waals surface area contributed by atoms with Crippen LogP contribution in [-0.4, -0.2) is 58.0 Å². The van der Waals surface area contributed by atoms with Gasteiger partial charge in [0.25, 0.3) is 0 Å². The average Bonchev–Trinajstić information content (AvgIpc) is 2.92. The summed E-state index contributed by atoms with van der Waals surface area (Å²) in [7, 11) is 0. The van der Waals surface area contributed by atoms with Crippen LogP contribution in [0.25, 0.3) is 0 Å². The Morgan fingerprint density at radius 1 is 0.556 bits per heavy atom. The SMILES string of the molecule is CCCC(C)C(=O)OC(C)(C)CCCCC(=O)OC(C)(C)CCC(C)(C)OC(=O)CCCCC(C)(CO)OC(=O)C(C)CCC. The fourth-order valence-corrected chi connectivity index (χ4v) is 5.04. The van der Waals surface area contributed by atoms with Gasteiger partial charge in [-0.2, -0.15) is 0 Å². The first-order chi connectivity index (χ1) is 20.7. The predicted molar refractivity (Wildman–Crippen MR) is 176 cm³/mol. The van der Waals surface area contributed by atoms with Crippen LogP contribution in [0.1, 0.15) is 166 Å². The highest BCUT2D eigenvalue weighted by Crippen LogP contribution is 2.28. The normalized spacial score (nSPS) is 15.0. The van der Waals surface area contributed by atoms with Crippen molar-refractivity contribution < 1.29 is 43.2 Å². The van der Waals surface area contributed by atoms with Gasteiger partial charge in [-0.25, -0.2) is 0 Å². The smallest absolute Gasteiger partial charge is 0.309 e. The minimum Gasteiger partial charge on any atom is -0.460 e. The van der Waals surface area contributed by atoms with Gasteiger partial charge in [-0.1, -0.05) is 40.5 Å². The van der Waals surface area contributed by atoms with Crippen molar-refractivity contribution in [2.24, 2.45) is 11.8 Å². The molecule has 0 bridgehead atoms. The van der Waals surface area contributed by atoms with E-state index in [1.54, 1.807) is 6.92 Å². The van der Waals surface area contributed by atoms with Gasteiger partial charge in [0, 0.05) is 12.8 Å². The van der Waals surface area contributed by atoms with E-state index in [1.807, 2.05) is 69.2 Å². The monoisotopic (exact) mass is 642 g/mol. The van der Waals surface area contributed by atoms with Crippen molar-refractivity contribution in [3.63, 3.8) is 0 Å². The maximum Gasteiger partial charge on any atom is 0.309 e. The highest BCUT2D eigenvalue weighted by molar-refractivity contribution is 5.73. The standard InChI is InChI=1S/C36H66O9/c1-12-18-27(3)31(40)44-33(5,6)22-16-14-20-29(38)42-34(7,8)24-25-35(9,10)43-30(39)21-15-17-23-36(11,26-37)45-32(41)28(4)19-13-2/h27-28,37H,12-26H2,1-11H3. The molecule has 0 saturated heterocycles. The number of esters is 4. The molecule has 3 atom stereocenters. The molecule has 0 spiro atoms. The molecule has 45 heavy (non-hydrogen) atoms. The Balaban J connectivity index is 4.49. The highest BCUT2D eigenvalue weighted by atomic mass is 16.6. The number of hydrogen-bond donors (Lipinski definition) is 1. The fraction of sp³-hybridized carbons (Fsp3) is 0.889. The van der Waals surface area contributed by atoms with Crippen LogP contribution in [0.3, 0.4) is 0 Å². The van der Waals surface area contributed by atoms with Crippen LogP contribution in [0.15, 0.2) is 0 Å². The first-order valence-electron chi connectivity index (χ1n) is 17.2. The lowest BCUT2D eigenvalue weighted by molar-refractivity contribution is -0.168. The van der Waals surface area contributed by atoms with E-state index >= 15 is 0 Å². The summed E-state index contributed by atoms with van der Waals surface area (Å²) in [5.41, 5.74) is -3.00. The third kappa shape index (κ3) is 19.9. The molecule has 1 N–H and O–H groups in total. The molecule has 0 aliphatic rings. The number of carbonyl (C=O) groups excluding carboxylic acids is 4. The zero-order valence-corrected chi connectivity index (χ0v) is 30.5. The van der Waals surface area contributed by atoms with Gasteiger partial charge < -0.3 is 24.1 Å². The van der Waals surface area contributed by atoms with Crippen LogP contribution in [0.2, 0.25) is 0 Å². The maximum absolute atomic E-state index is 12.6. The van der Waals surface area contributed by atoms with E-state index in [9.17, 15) is 24.3 Å². The maximum atomic E-state index is 12.6. The van der Waals surface area contributed by atoms with Gasteiger partial charge in [-0.05, 0) is 113 Å². The van der Waals surface area contributed by atoms with Crippen LogP contribution < -0.4 is 0 Å².